The fraction of sp³-hybridized carbons (Fsp3) is 0.111. The molecule has 3 aliphatic rings. The van der Waals surface area contributed by atoms with E-state index in [1.54, 1.807) is 24.3 Å². The monoisotopic (exact) mass is 745 g/mol. The molecule has 57 heavy (non-hydrogen) atoms. The van der Waals surface area contributed by atoms with Crippen LogP contribution in [0.15, 0.2) is 194 Å². The Labute approximate surface area is 357 Å². The summed E-state index contributed by atoms with van der Waals surface area (Å²) in [5.41, 5.74) is 9.52. The fourth-order valence-electron chi connectivity index (χ4n) is 9.09. The van der Waals surface area contributed by atoms with E-state index in [9.17, 15) is 0 Å². The quantitative estimate of drug-likeness (QED) is 0.156. The zero-order valence-electron chi connectivity index (χ0n) is 45.9. The Morgan fingerprint density at radius 3 is 1.58 bits per heavy atom. The molecule has 2 aliphatic heterocycles. The summed E-state index contributed by atoms with van der Waals surface area (Å²) in [4.78, 5) is 4.31. The molecule has 0 atom stereocenters. The molecule has 2 heterocycles. The third kappa shape index (κ3) is 5.89. The van der Waals surface area contributed by atoms with Crippen LogP contribution in [-0.4, -0.2) is 6.71 Å². The molecule has 0 unspecified atom stereocenters. The minimum absolute atomic E-state index is 0.0190. The van der Waals surface area contributed by atoms with E-state index in [4.69, 9.17) is 20.6 Å². The normalized spacial score (nSPS) is 18.2. The lowest BCUT2D eigenvalue weighted by molar-refractivity contribution is 0.444. The SMILES string of the molecule is [2H]c1c([2H])c([2H])c(-c2ccc(N3c4cc(-c5c([2H])c([2H])c([2H])c([2H])c5[2H])ccc4B4c5cc(-c6c([2H])c([2H])c([2H])c([2H])c6[2H])ccc5N(c5ccccc5)c5cc(C6CCCCC6)cc3c54)cc2)c([2H])c1[2H]. The maximum Gasteiger partial charge on any atom is 0.252 e. The van der Waals surface area contributed by atoms with Crippen LogP contribution in [0.5, 0.6) is 0 Å². The molecule has 0 radical (unpaired) electrons. The van der Waals surface area contributed by atoms with Gasteiger partial charge in [0, 0.05) is 34.1 Å². The molecule has 11 rings (SSSR count). The molecular weight excluding hydrogens is 687 g/mol. The second-order valence-corrected chi connectivity index (χ2v) is 14.8. The Kier molecular flexibility index (Phi) is 5.38. The number of hydrogen-bond acceptors (Lipinski definition) is 2. The molecule has 0 bridgehead atoms. The highest BCUT2D eigenvalue weighted by molar-refractivity contribution is 7.00. The first-order chi connectivity index (χ1) is 34.5. The summed E-state index contributed by atoms with van der Waals surface area (Å²) in [6, 6.07) is 26.4. The standard InChI is InChI=1S/C54H43BN2/c1-6-16-38(17-7-1)42-26-30-47(31-27-42)57-51-35-44(40-20-10-3-11-21-40)28-32-48(51)55-49-34-43(39-18-8-2-9-19-39)29-33-50(49)56(46-24-14-5-15-25-46)52-36-45(37-53(57)54(52)55)41-22-12-4-13-23-41/h1-3,5-11,14-21,24-37,41H,4,12-13,22-23H2/i1D,2D,3D,6D,7D,8D,9D,10D,11D,16D,17D,18D,19D,20D,21D. The fourth-order valence-corrected chi connectivity index (χ4v) is 9.09. The first-order valence-corrected chi connectivity index (χ1v) is 19.4. The van der Waals surface area contributed by atoms with Crippen molar-refractivity contribution in [3.63, 3.8) is 0 Å². The van der Waals surface area contributed by atoms with E-state index in [0.717, 1.165) is 76.8 Å². The number of anilines is 6. The summed E-state index contributed by atoms with van der Waals surface area (Å²) in [5, 5.41) is 0. The van der Waals surface area contributed by atoms with Gasteiger partial charge in [0.1, 0.15) is 0 Å². The molecule has 0 aromatic heterocycles. The third-order valence-electron chi connectivity index (χ3n) is 11.7. The molecule has 0 saturated heterocycles. The number of rotatable bonds is 6. The lowest BCUT2D eigenvalue weighted by atomic mass is 9.33. The summed E-state index contributed by atoms with van der Waals surface area (Å²) in [7, 11) is 0. The minimum Gasteiger partial charge on any atom is -0.311 e. The summed E-state index contributed by atoms with van der Waals surface area (Å²) in [6.07, 6.45) is 5.23. The van der Waals surface area contributed by atoms with Crippen molar-refractivity contribution in [3.05, 3.63) is 199 Å². The Morgan fingerprint density at radius 1 is 0.421 bits per heavy atom. The smallest absolute Gasteiger partial charge is 0.252 e. The predicted molar refractivity (Wildman–Crippen MR) is 243 cm³/mol. The van der Waals surface area contributed by atoms with E-state index < -0.39 is 61.1 Å². The lowest BCUT2D eigenvalue weighted by Gasteiger charge is -2.45. The molecule has 2 nitrogen and oxygen atoms in total. The Morgan fingerprint density at radius 2 is 0.947 bits per heavy atom. The molecular formula is C54H43BN2. The summed E-state index contributed by atoms with van der Waals surface area (Å²) < 4.78 is 130. The second kappa shape index (κ2) is 14.2. The van der Waals surface area contributed by atoms with Crippen LogP contribution in [0.2, 0.25) is 0 Å². The van der Waals surface area contributed by atoms with Crippen LogP contribution >= 0.6 is 0 Å². The van der Waals surface area contributed by atoms with E-state index >= 15 is 0 Å². The van der Waals surface area contributed by atoms with Crippen LogP contribution in [-0.2, 0) is 0 Å². The Balaban J connectivity index is 1.24. The molecule has 8 aromatic rings. The van der Waals surface area contributed by atoms with E-state index in [2.05, 4.69) is 21.9 Å². The van der Waals surface area contributed by atoms with Crippen LogP contribution in [0.1, 0.15) is 64.1 Å². The maximum atomic E-state index is 9.04. The van der Waals surface area contributed by atoms with Gasteiger partial charge in [-0.25, -0.2) is 0 Å². The number of para-hydroxylation sites is 1. The highest BCUT2D eigenvalue weighted by atomic mass is 15.2. The van der Waals surface area contributed by atoms with Gasteiger partial charge in [-0.05, 0) is 123 Å². The van der Waals surface area contributed by atoms with Crippen molar-refractivity contribution in [2.45, 2.75) is 38.0 Å². The van der Waals surface area contributed by atoms with Crippen LogP contribution in [0.4, 0.5) is 34.1 Å². The first kappa shape index (κ1) is 21.7. The minimum atomic E-state index is -0.555. The van der Waals surface area contributed by atoms with Gasteiger partial charge in [0.15, 0.2) is 0 Å². The van der Waals surface area contributed by atoms with Gasteiger partial charge >= 0.3 is 0 Å². The number of benzene rings is 8. The molecule has 1 aliphatic carbocycles. The third-order valence-corrected chi connectivity index (χ3v) is 11.7. The summed E-state index contributed by atoms with van der Waals surface area (Å²) >= 11 is 0. The van der Waals surface area contributed by atoms with Gasteiger partial charge in [-0.3, -0.25) is 0 Å². The number of nitrogens with zero attached hydrogens (tertiary/aromatic N) is 2. The molecule has 0 N–H and O–H groups in total. The van der Waals surface area contributed by atoms with E-state index in [0.29, 0.717) is 28.1 Å². The molecule has 0 spiro atoms. The molecule has 1 fully saturated rings. The van der Waals surface area contributed by atoms with Crippen LogP contribution in [0.3, 0.4) is 0 Å². The van der Waals surface area contributed by atoms with Gasteiger partial charge in [-0.2, -0.15) is 0 Å². The van der Waals surface area contributed by atoms with Gasteiger partial charge in [-0.1, -0.05) is 164 Å². The molecule has 8 aromatic carbocycles. The molecule has 272 valence electrons. The lowest BCUT2D eigenvalue weighted by Crippen LogP contribution is -2.61. The van der Waals surface area contributed by atoms with Crippen molar-refractivity contribution in [2.75, 3.05) is 9.80 Å². The van der Waals surface area contributed by atoms with Gasteiger partial charge in [0.05, 0.1) is 20.6 Å². The van der Waals surface area contributed by atoms with Gasteiger partial charge in [0.2, 0.25) is 0 Å². The van der Waals surface area contributed by atoms with Crippen molar-refractivity contribution in [3.8, 4) is 33.4 Å². The predicted octanol–water partition coefficient (Wildman–Crippen LogP) is 12.8. The zero-order chi connectivity index (χ0) is 50.8. The Hall–Kier alpha value is -6.58. The Bertz CT molecular complexity index is 3510. The van der Waals surface area contributed by atoms with Crippen LogP contribution in [0, 0.1) is 0 Å². The van der Waals surface area contributed by atoms with E-state index in [1.165, 1.54) is 0 Å². The van der Waals surface area contributed by atoms with E-state index in [-0.39, 0.29) is 58.9 Å². The molecule has 3 heteroatoms. The second-order valence-electron chi connectivity index (χ2n) is 14.8. The number of fused-ring (bicyclic) bond motifs is 4. The van der Waals surface area contributed by atoms with Crippen LogP contribution in [0.25, 0.3) is 33.4 Å². The van der Waals surface area contributed by atoms with E-state index in [1.807, 2.05) is 66.7 Å². The van der Waals surface area contributed by atoms with Crippen molar-refractivity contribution in [1.82, 2.24) is 0 Å². The highest BCUT2D eigenvalue weighted by Gasteiger charge is 2.44. The topological polar surface area (TPSA) is 6.48 Å². The summed E-state index contributed by atoms with van der Waals surface area (Å²) in [5.74, 6) is 0.219. The average molecular weight is 746 g/mol. The van der Waals surface area contributed by atoms with Crippen molar-refractivity contribution < 1.29 is 20.6 Å². The molecule has 1 saturated carbocycles. The van der Waals surface area contributed by atoms with Gasteiger partial charge in [-0.15, -0.1) is 0 Å². The zero-order valence-corrected chi connectivity index (χ0v) is 30.9. The highest BCUT2D eigenvalue weighted by Crippen LogP contribution is 2.48. The number of hydrogen-bond donors (Lipinski definition) is 0. The largest absolute Gasteiger partial charge is 0.311 e. The van der Waals surface area contributed by atoms with Gasteiger partial charge < -0.3 is 9.80 Å². The average Bonchev–Trinajstić information content (AvgIpc) is 3.40. The van der Waals surface area contributed by atoms with Crippen LogP contribution < -0.4 is 26.2 Å². The van der Waals surface area contributed by atoms with Crippen molar-refractivity contribution in [2.24, 2.45) is 0 Å². The van der Waals surface area contributed by atoms with Crippen molar-refractivity contribution >= 4 is 57.2 Å². The van der Waals surface area contributed by atoms with Crippen molar-refractivity contribution in [1.29, 1.82) is 0 Å². The summed E-state index contributed by atoms with van der Waals surface area (Å²) in [6.45, 7) is -0.555. The maximum absolute atomic E-state index is 9.04. The first-order valence-electron chi connectivity index (χ1n) is 26.9. The molecule has 0 amide bonds. The van der Waals surface area contributed by atoms with Gasteiger partial charge in [0.25, 0.3) is 6.71 Å².